The van der Waals surface area contributed by atoms with Gasteiger partial charge in [0.1, 0.15) is 0 Å². The number of halogens is 1. The van der Waals surface area contributed by atoms with E-state index in [2.05, 4.69) is 30.9 Å². The van der Waals surface area contributed by atoms with Gasteiger partial charge in [-0.05, 0) is 31.9 Å². The zero-order chi connectivity index (χ0) is 17.7. The second-order valence-electron chi connectivity index (χ2n) is 6.68. The third kappa shape index (κ3) is 2.47. The van der Waals surface area contributed by atoms with E-state index >= 15 is 0 Å². The zero-order valence-electron chi connectivity index (χ0n) is 14.4. The summed E-state index contributed by atoms with van der Waals surface area (Å²) >= 11 is 0. The first-order chi connectivity index (χ1) is 12.7. The van der Waals surface area contributed by atoms with Crippen molar-refractivity contribution in [2.45, 2.75) is 19.8 Å². The average Bonchev–Trinajstić information content (AvgIpc) is 3.30. The Morgan fingerprint density at radius 1 is 1.00 bits per heavy atom. The van der Waals surface area contributed by atoms with E-state index < -0.39 is 5.82 Å². The molecule has 1 aliphatic rings. The summed E-state index contributed by atoms with van der Waals surface area (Å²) in [5.41, 5.74) is 3.38. The summed E-state index contributed by atoms with van der Waals surface area (Å²) in [5, 5.41) is 0.887. The molecular weight excluding hydrogens is 331 g/mol. The number of imidazole rings is 1. The van der Waals surface area contributed by atoms with Gasteiger partial charge in [-0.1, -0.05) is 0 Å². The second kappa shape index (κ2) is 5.72. The minimum Gasteiger partial charge on any atom is -0.370 e. The number of aryl methyl sites for hydroxylation is 1. The summed E-state index contributed by atoms with van der Waals surface area (Å²) in [6.45, 7) is 3.96. The monoisotopic (exact) mass is 348 g/mol. The first kappa shape index (κ1) is 15.2. The molecule has 0 radical (unpaired) electrons. The lowest BCUT2D eigenvalue weighted by molar-refractivity contribution is 0.630. The van der Waals surface area contributed by atoms with Crippen LogP contribution in [-0.4, -0.2) is 37.4 Å². The van der Waals surface area contributed by atoms with Crippen LogP contribution in [0.3, 0.4) is 0 Å². The summed E-state index contributed by atoms with van der Waals surface area (Å²) < 4.78 is 16.0. The molecule has 0 N–H and O–H groups in total. The average molecular weight is 348 g/mol. The topological polar surface area (TPSA) is 59.2 Å². The van der Waals surface area contributed by atoms with Crippen molar-refractivity contribution in [2.24, 2.45) is 0 Å². The smallest absolute Gasteiger partial charge is 0.173 e. The molecule has 0 aromatic carbocycles. The van der Waals surface area contributed by atoms with E-state index in [-0.39, 0.29) is 0 Å². The maximum atomic E-state index is 14.3. The number of rotatable bonds is 2. The Balaban J connectivity index is 1.58. The molecule has 26 heavy (non-hydrogen) atoms. The molecule has 0 unspecified atom stereocenters. The predicted octanol–water partition coefficient (Wildman–Crippen LogP) is 3.39. The Kier molecular flexibility index (Phi) is 3.34. The van der Waals surface area contributed by atoms with E-state index in [9.17, 15) is 4.39 Å². The molecule has 0 saturated carbocycles. The third-order valence-electron chi connectivity index (χ3n) is 4.77. The van der Waals surface area contributed by atoms with Crippen LogP contribution in [-0.2, 0) is 0 Å². The molecule has 0 aliphatic carbocycles. The molecule has 1 aliphatic heterocycles. The fourth-order valence-electron chi connectivity index (χ4n) is 3.50. The Morgan fingerprint density at radius 3 is 2.69 bits per heavy atom. The van der Waals surface area contributed by atoms with Gasteiger partial charge in [-0.15, -0.1) is 0 Å². The standard InChI is InChI=1S/C19H17FN6/c1-12-10-26-11-14(7-16(20)19(26)23-12)18-21-8-13-6-15(9-22-17(13)24-18)25-4-2-3-5-25/h6-11H,2-5H2,1H3. The molecule has 5 heterocycles. The van der Waals surface area contributed by atoms with Gasteiger partial charge in [-0.3, -0.25) is 0 Å². The summed E-state index contributed by atoms with van der Waals surface area (Å²) in [7, 11) is 0. The van der Waals surface area contributed by atoms with E-state index in [0.29, 0.717) is 22.7 Å². The molecule has 4 aromatic heterocycles. The molecule has 1 saturated heterocycles. The molecular formula is C19H17FN6. The van der Waals surface area contributed by atoms with Crippen molar-refractivity contribution in [1.82, 2.24) is 24.3 Å². The Morgan fingerprint density at radius 2 is 1.85 bits per heavy atom. The van der Waals surface area contributed by atoms with E-state index in [4.69, 9.17) is 0 Å². The van der Waals surface area contributed by atoms with E-state index in [1.807, 2.05) is 13.1 Å². The maximum Gasteiger partial charge on any atom is 0.173 e. The highest BCUT2D eigenvalue weighted by atomic mass is 19.1. The molecule has 5 rings (SSSR count). The van der Waals surface area contributed by atoms with Crippen LogP contribution < -0.4 is 4.90 Å². The van der Waals surface area contributed by atoms with Gasteiger partial charge in [0, 0.05) is 42.6 Å². The van der Waals surface area contributed by atoms with Gasteiger partial charge >= 0.3 is 0 Å². The largest absolute Gasteiger partial charge is 0.370 e. The molecule has 0 bridgehead atoms. The highest BCUT2D eigenvalue weighted by Gasteiger charge is 2.14. The number of hydrogen-bond donors (Lipinski definition) is 0. The van der Waals surface area contributed by atoms with Crippen molar-refractivity contribution in [3.05, 3.63) is 48.4 Å². The van der Waals surface area contributed by atoms with Crippen molar-refractivity contribution >= 4 is 22.4 Å². The summed E-state index contributed by atoms with van der Waals surface area (Å²) in [6.07, 6.45) is 9.62. The molecule has 1 fully saturated rings. The number of anilines is 1. The number of nitrogens with zero attached hydrogens (tertiary/aromatic N) is 6. The van der Waals surface area contributed by atoms with Crippen molar-refractivity contribution in [2.75, 3.05) is 18.0 Å². The van der Waals surface area contributed by atoms with Gasteiger partial charge < -0.3 is 9.30 Å². The van der Waals surface area contributed by atoms with Crippen LogP contribution >= 0.6 is 0 Å². The van der Waals surface area contributed by atoms with Gasteiger partial charge in [0.25, 0.3) is 0 Å². The molecule has 6 nitrogen and oxygen atoms in total. The summed E-state index contributed by atoms with van der Waals surface area (Å²) in [5.74, 6) is 0.0581. The van der Waals surface area contributed by atoms with Crippen molar-refractivity contribution in [3.8, 4) is 11.4 Å². The van der Waals surface area contributed by atoms with Crippen LogP contribution in [0, 0.1) is 12.7 Å². The number of fused-ring (bicyclic) bond motifs is 2. The molecule has 0 amide bonds. The number of pyridine rings is 2. The first-order valence-electron chi connectivity index (χ1n) is 8.70. The van der Waals surface area contributed by atoms with Crippen LogP contribution in [0.2, 0.25) is 0 Å². The Bertz CT molecular complexity index is 1130. The quantitative estimate of drug-likeness (QED) is 0.556. The highest BCUT2D eigenvalue weighted by Crippen LogP contribution is 2.25. The molecule has 7 heteroatoms. The van der Waals surface area contributed by atoms with Crippen molar-refractivity contribution in [1.29, 1.82) is 0 Å². The lowest BCUT2D eigenvalue weighted by Crippen LogP contribution is -2.17. The van der Waals surface area contributed by atoms with Crippen LogP contribution in [0.1, 0.15) is 18.5 Å². The second-order valence-corrected chi connectivity index (χ2v) is 6.68. The van der Waals surface area contributed by atoms with Crippen LogP contribution in [0.5, 0.6) is 0 Å². The van der Waals surface area contributed by atoms with Crippen LogP contribution in [0.25, 0.3) is 28.1 Å². The molecule has 130 valence electrons. The van der Waals surface area contributed by atoms with Gasteiger partial charge in [-0.2, -0.15) is 0 Å². The van der Waals surface area contributed by atoms with E-state index in [1.165, 1.54) is 18.9 Å². The highest BCUT2D eigenvalue weighted by molar-refractivity contribution is 5.79. The molecule has 4 aromatic rings. The number of hydrogen-bond acceptors (Lipinski definition) is 5. The van der Waals surface area contributed by atoms with Crippen molar-refractivity contribution in [3.63, 3.8) is 0 Å². The minimum atomic E-state index is -0.392. The Hall–Kier alpha value is -3.09. The van der Waals surface area contributed by atoms with E-state index in [1.54, 1.807) is 23.0 Å². The predicted molar refractivity (Wildman–Crippen MR) is 97.7 cm³/mol. The van der Waals surface area contributed by atoms with Crippen LogP contribution in [0.4, 0.5) is 10.1 Å². The first-order valence-corrected chi connectivity index (χ1v) is 8.70. The molecule has 0 atom stereocenters. The normalized spacial score (nSPS) is 14.6. The summed E-state index contributed by atoms with van der Waals surface area (Å²) in [6, 6.07) is 3.49. The minimum absolute atomic E-state index is 0.306. The van der Waals surface area contributed by atoms with Gasteiger partial charge in [0.05, 0.1) is 17.6 Å². The lowest BCUT2D eigenvalue weighted by Gasteiger charge is -2.17. The SMILES string of the molecule is Cc1cn2cc(-c3ncc4cc(N5CCCC5)cnc4n3)cc(F)c2n1. The number of aromatic nitrogens is 5. The zero-order valence-corrected chi connectivity index (χ0v) is 14.4. The van der Waals surface area contributed by atoms with Gasteiger partial charge in [0.15, 0.2) is 22.9 Å². The fourth-order valence-corrected chi connectivity index (χ4v) is 3.50. The maximum absolute atomic E-state index is 14.3. The fraction of sp³-hybridized carbons (Fsp3) is 0.263. The summed E-state index contributed by atoms with van der Waals surface area (Å²) in [4.78, 5) is 20.0. The lowest BCUT2D eigenvalue weighted by atomic mass is 10.2. The molecule has 0 spiro atoms. The van der Waals surface area contributed by atoms with Gasteiger partial charge in [0.2, 0.25) is 0 Å². The van der Waals surface area contributed by atoms with Crippen molar-refractivity contribution < 1.29 is 4.39 Å². The Labute approximate surface area is 149 Å². The van der Waals surface area contributed by atoms with Crippen LogP contribution in [0.15, 0.2) is 36.9 Å². The van der Waals surface area contributed by atoms with E-state index in [0.717, 1.165) is 29.9 Å². The van der Waals surface area contributed by atoms with Gasteiger partial charge in [-0.25, -0.2) is 24.3 Å². The third-order valence-corrected chi connectivity index (χ3v) is 4.77.